The number of nitrogens with zero attached hydrogens (tertiary/aromatic N) is 1. The predicted molar refractivity (Wildman–Crippen MR) is 97.1 cm³/mol. The summed E-state index contributed by atoms with van der Waals surface area (Å²) in [7, 11) is 0. The van der Waals surface area contributed by atoms with Crippen molar-refractivity contribution in [1.29, 1.82) is 0 Å². The van der Waals surface area contributed by atoms with Crippen LogP contribution in [0.3, 0.4) is 0 Å². The van der Waals surface area contributed by atoms with Gasteiger partial charge in [-0.05, 0) is 33.3 Å². The number of nitrogens with one attached hydrogen (secondary N) is 1. The van der Waals surface area contributed by atoms with Crippen molar-refractivity contribution in [3.8, 4) is 0 Å². The standard InChI is InChI=1S/C19H26N2O6/c1-18(2,3)27-17(25)21-11-14(10-19(21,4)15(22)23)20-16(24)26-12-13-8-6-5-7-9-13/h5-9,14H,10-12H2,1-4H3,(H,20,24)(H,22,23)/t14-,19-/m1/s1. The maximum absolute atomic E-state index is 12.4. The first-order valence-corrected chi connectivity index (χ1v) is 8.72. The first-order chi connectivity index (χ1) is 12.5. The normalized spacial score (nSPS) is 22.2. The largest absolute Gasteiger partial charge is 0.480 e. The Hall–Kier alpha value is -2.77. The summed E-state index contributed by atoms with van der Waals surface area (Å²) >= 11 is 0. The van der Waals surface area contributed by atoms with E-state index >= 15 is 0 Å². The molecule has 0 spiro atoms. The number of aliphatic carboxylic acids is 1. The van der Waals surface area contributed by atoms with E-state index in [2.05, 4.69) is 5.32 Å². The van der Waals surface area contributed by atoms with Crippen LogP contribution in [0.2, 0.25) is 0 Å². The van der Waals surface area contributed by atoms with E-state index in [1.165, 1.54) is 6.92 Å². The maximum Gasteiger partial charge on any atom is 0.411 e. The highest BCUT2D eigenvalue weighted by molar-refractivity contribution is 5.85. The van der Waals surface area contributed by atoms with Crippen molar-refractivity contribution in [1.82, 2.24) is 10.2 Å². The van der Waals surface area contributed by atoms with Gasteiger partial charge in [-0.2, -0.15) is 0 Å². The van der Waals surface area contributed by atoms with Crippen LogP contribution in [-0.2, 0) is 20.9 Å². The van der Waals surface area contributed by atoms with Gasteiger partial charge in [0.2, 0.25) is 0 Å². The summed E-state index contributed by atoms with van der Waals surface area (Å²) in [5, 5.41) is 12.2. The first kappa shape index (κ1) is 20.5. The van der Waals surface area contributed by atoms with Crippen molar-refractivity contribution in [2.45, 2.75) is 57.9 Å². The molecule has 8 nitrogen and oxygen atoms in total. The summed E-state index contributed by atoms with van der Waals surface area (Å²) in [5.41, 5.74) is -1.39. The second-order valence-electron chi connectivity index (χ2n) is 7.78. The monoisotopic (exact) mass is 378 g/mol. The zero-order valence-corrected chi connectivity index (χ0v) is 16.0. The number of ether oxygens (including phenoxy) is 2. The Balaban J connectivity index is 1.99. The zero-order valence-electron chi connectivity index (χ0n) is 16.0. The minimum atomic E-state index is -1.47. The van der Waals surface area contributed by atoms with Crippen LogP contribution < -0.4 is 5.32 Å². The van der Waals surface area contributed by atoms with E-state index in [4.69, 9.17) is 9.47 Å². The third-order valence-electron chi connectivity index (χ3n) is 4.25. The van der Waals surface area contributed by atoms with Crippen LogP contribution in [-0.4, -0.2) is 51.9 Å². The summed E-state index contributed by atoms with van der Waals surface area (Å²) in [6.45, 7) is 6.68. The topological polar surface area (TPSA) is 105 Å². The highest BCUT2D eigenvalue weighted by atomic mass is 16.6. The van der Waals surface area contributed by atoms with Crippen molar-refractivity contribution in [3.63, 3.8) is 0 Å². The van der Waals surface area contributed by atoms with Gasteiger partial charge in [0.05, 0.1) is 6.04 Å². The highest BCUT2D eigenvalue weighted by Gasteiger charge is 2.52. The minimum absolute atomic E-state index is 0.0259. The van der Waals surface area contributed by atoms with Crippen molar-refractivity contribution in [2.24, 2.45) is 0 Å². The van der Waals surface area contributed by atoms with Gasteiger partial charge in [0.25, 0.3) is 0 Å². The molecule has 1 saturated heterocycles. The molecule has 2 atom stereocenters. The average molecular weight is 378 g/mol. The van der Waals surface area contributed by atoms with Crippen LogP contribution >= 0.6 is 0 Å². The fourth-order valence-electron chi connectivity index (χ4n) is 2.90. The summed E-state index contributed by atoms with van der Waals surface area (Å²) in [6, 6.07) is 8.64. The molecule has 2 N–H and O–H groups in total. The number of hydrogen-bond donors (Lipinski definition) is 2. The summed E-state index contributed by atoms with van der Waals surface area (Å²) in [5.74, 6) is -1.16. The minimum Gasteiger partial charge on any atom is -0.480 e. The van der Waals surface area contributed by atoms with Crippen LogP contribution in [0.15, 0.2) is 30.3 Å². The van der Waals surface area contributed by atoms with Gasteiger partial charge in [0.1, 0.15) is 17.7 Å². The van der Waals surface area contributed by atoms with Crippen LogP contribution in [0.4, 0.5) is 9.59 Å². The molecule has 8 heteroatoms. The number of carboxylic acid groups (broad SMARTS) is 1. The number of amides is 2. The fraction of sp³-hybridized carbons (Fsp3) is 0.526. The van der Waals surface area contributed by atoms with E-state index in [9.17, 15) is 19.5 Å². The van der Waals surface area contributed by atoms with Gasteiger partial charge in [-0.1, -0.05) is 30.3 Å². The SMILES string of the molecule is CC(C)(C)OC(=O)N1C[C@H](NC(=O)OCc2ccccc2)C[C@]1(C)C(=O)O. The summed E-state index contributed by atoms with van der Waals surface area (Å²) < 4.78 is 10.5. The van der Waals surface area contributed by atoms with Gasteiger partial charge in [0, 0.05) is 13.0 Å². The number of carboxylic acids is 1. The van der Waals surface area contributed by atoms with Crippen molar-refractivity contribution in [2.75, 3.05) is 6.54 Å². The molecule has 0 aromatic heterocycles. The van der Waals surface area contributed by atoms with Gasteiger partial charge in [-0.15, -0.1) is 0 Å². The molecular weight excluding hydrogens is 352 g/mol. The Morgan fingerprint density at radius 2 is 1.89 bits per heavy atom. The lowest BCUT2D eigenvalue weighted by molar-refractivity contribution is -0.148. The number of likely N-dealkylation sites (tertiary alicyclic amines) is 1. The van der Waals surface area contributed by atoms with E-state index < -0.39 is 35.3 Å². The lowest BCUT2D eigenvalue weighted by Gasteiger charge is -2.32. The number of benzene rings is 1. The molecule has 148 valence electrons. The van der Waals surface area contributed by atoms with Crippen molar-refractivity contribution < 1.29 is 29.0 Å². The van der Waals surface area contributed by atoms with Gasteiger partial charge < -0.3 is 19.9 Å². The van der Waals surface area contributed by atoms with E-state index in [-0.39, 0.29) is 19.6 Å². The lowest BCUT2D eigenvalue weighted by Crippen LogP contribution is -2.52. The Kier molecular flexibility index (Phi) is 5.98. The number of rotatable bonds is 4. The summed E-state index contributed by atoms with van der Waals surface area (Å²) in [6.07, 6.45) is -1.33. The fourth-order valence-corrected chi connectivity index (χ4v) is 2.90. The molecule has 0 unspecified atom stereocenters. The van der Waals surface area contributed by atoms with Crippen LogP contribution in [0, 0.1) is 0 Å². The highest BCUT2D eigenvalue weighted by Crippen LogP contribution is 2.31. The second-order valence-corrected chi connectivity index (χ2v) is 7.78. The lowest BCUT2D eigenvalue weighted by atomic mass is 9.98. The van der Waals surface area contributed by atoms with Gasteiger partial charge in [0.15, 0.2) is 0 Å². The number of carbonyl (C=O) groups excluding carboxylic acids is 2. The van der Waals surface area contributed by atoms with Crippen LogP contribution in [0.5, 0.6) is 0 Å². The molecule has 0 aliphatic carbocycles. The molecule has 0 radical (unpaired) electrons. The Morgan fingerprint density at radius 1 is 1.26 bits per heavy atom. The molecule has 1 heterocycles. The molecule has 27 heavy (non-hydrogen) atoms. The average Bonchev–Trinajstić information content (AvgIpc) is 2.90. The third-order valence-corrected chi connectivity index (χ3v) is 4.25. The quantitative estimate of drug-likeness (QED) is 0.835. The second kappa shape index (κ2) is 7.85. The Bertz CT molecular complexity index is 700. The molecule has 1 aromatic carbocycles. The Morgan fingerprint density at radius 3 is 2.44 bits per heavy atom. The molecule has 2 rings (SSSR count). The molecule has 1 aliphatic rings. The molecule has 2 amide bonds. The van der Waals surface area contributed by atoms with Gasteiger partial charge in [-0.3, -0.25) is 4.90 Å². The molecule has 1 aliphatic heterocycles. The zero-order chi connectivity index (χ0) is 20.2. The predicted octanol–water partition coefficient (Wildman–Crippen LogP) is 2.77. The Labute approximate surface area is 158 Å². The van der Waals surface area contributed by atoms with E-state index in [0.29, 0.717) is 0 Å². The first-order valence-electron chi connectivity index (χ1n) is 8.72. The van der Waals surface area contributed by atoms with Crippen molar-refractivity contribution >= 4 is 18.2 Å². The third kappa shape index (κ3) is 5.35. The number of alkyl carbamates (subject to hydrolysis) is 1. The van der Waals surface area contributed by atoms with Gasteiger partial charge >= 0.3 is 18.2 Å². The molecular formula is C19H26N2O6. The maximum atomic E-state index is 12.4. The molecule has 1 fully saturated rings. The molecule has 1 aromatic rings. The van der Waals surface area contributed by atoms with E-state index in [1.54, 1.807) is 20.8 Å². The number of hydrogen-bond acceptors (Lipinski definition) is 5. The van der Waals surface area contributed by atoms with Gasteiger partial charge in [-0.25, -0.2) is 14.4 Å². The molecule has 0 saturated carbocycles. The van der Waals surface area contributed by atoms with Crippen LogP contribution in [0.25, 0.3) is 0 Å². The van der Waals surface area contributed by atoms with E-state index in [1.807, 2.05) is 30.3 Å². The van der Waals surface area contributed by atoms with E-state index in [0.717, 1.165) is 10.5 Å². The van der Waals surface area contributed by atoms with Crippen LogP contribution in [0.1, 0.15) is 39.7 Å². The summed E-state index contributed by atoms with van der Waals surface area (Å²) in [4.78, 5) is 37.4. The number of carbonyl (C=O) groups is 3. The molecule has 0 bridgehead atoms. The van der Waals surface area contributed by atoms with Crippen molar-refractivity contribution in [3.05, 3.63) is 35.9 Å². The smallest absolute Gasteiger partial charge is 0.411 e.